The lowest BCUT2D eigenvalue weighted by atomic mass is 9.99. The molecule has 5 aromatic rings. The number of nitrogens with zero attached hydrogens (tertiary/aromatic N) is 4. The van der Waals surface area contributed by atoms with E-state index in [2.05, 4.69) is 41.1 Å². The molecule has 196 valence electrons. The monoisotopic (exact) mass is 539 g/mol. The first-order valence-corrected chi connectivity index (χ1v) is 13.3. The summed E-state index contributed by atoms with van der Waals surface area (Å²) >= 11 is 6.01. The molecule has 0 saturated heterocycles. The van der Waals surface area contributed by atoms with Gasteiger partial charge in [0.1, 0.15) is 11.6 Å². The second kappa shape index (κ2) is 10.1. The molecule has 1 aliphatic heterocycles. The molecule has 0 spiro atoms. The van der Waals surface area contributed by atoms with E-state index < -0.39 is 11.9 Å². The van der Waals surface area contributed by atoms with E-state index in [0.29, 0.717) is 12.2 Å². The van der Waals surface area contributed by atoms with Crippen LogP contribution in [0.2, 0.25) is 5.02 Å². The third-order valence-electron chi connectivity index (χ3n) is 7.22. The third kappa shape index (κ3) is 4.49. The number of para-hydroxylation sites is 1. The predicted octanol–water partition coefficient (Wildman–Crippen LogP) is 7.46. The van der Waals surface area contributed by atoms with Crippen LogP contribution in [0.25, 0.3) is 11.5 Å². The number of benzene rings is 3. The first-order valence-electron chi connectivity index (χ1n) is 12.9. The number of hydrogen-bond donors (Lipinski definition) is 1. The number of amides is 2. The van der Waals surface area contributed by atoms with Crippen molar-refractivity contribution in [3.05, 3.63) is 130 Å². The zero-order chi connectivity index (χ0) is 27.1. The number of hydrogen-bond acceptors (Lipinski definition) is 2. The Hall–Kier alpha value is -4.36. The van der Waals surface area contributed by atoms with Crippen LogP contribution in [-0.4, -0.2) is 25.3 Å². The van der Waals surface area contributed by atoms with Crippen molar-refractivity contribution >= 4 is 23.3 Å². The smallest absolute Gasteiger partial charge is 0.308 e. The van der Waals surface area contributed by atoms with E-state index >= 15 is 0 Å². The summed E-state index contributed by atoms with van der Waals surface area (Å²) < 4.78 is 17.9. The Morgan fingerprint density at radius 3 is 2.54 bits per heavy atom. The SMILES string of the molecule is CCc1ccc([C@@H]2c3cccn3-c3c(c(C)nn3-c3ccccc3)CN2C(=O)Nc2ccc(F)c(Cl)c2)cc1. The average molecular weight is 540 g/mol. The normalized spacial score (nSPS) is 14.5. The minimum absolute atomic E-state index is 0.0495. The van der Waals surface area contributed by atoms with Crippen LogP contribution in [0.5, 0.6) is 0 Å². The first kappa shape index (κ1) is 24.9. The molecule has 0 fully saturated rings. The fourth-order valence-electron chi connectivity index (χ4n) is 5.20. The number of urea groups is 1. The van der Waals surface area contributed by atoms with Gasteiger partial charge in [-0.3, -0.25) is 0 Å². The Morgan fingerprint density at radius 2 is 1.82 bits per heavy atom. The molecule has 1 N–H and O–H groups in total. The molecule has 6 rings (SSSR count). The molecule has 0 radical (unpaired) electrons. The summed E-state index contributed by atoms with van der Waals surface area (Å²) in [6.07, 6.45) is 2.94. The number of anilines is 1. The quantitative estimate of drug-likeness (QED) is 0.258. The van der Waals surface area contributed by atoms with Crippen LogP contribution in [0.1, 0.15) is 41.0 Å². The van der Waals surface area contributed by atoms with Crippen molar-refractivity contribution in [1.29, 1.82) is 0 Å². The highest BCUT2D eigenvalue weighted by atomic mass is 35.5. The van der Waals surface area contributed by atoms with Crippen molar-refractivity contribution in [2.45, 2.75) is 32.9 Å². The third-order valence-corrected chi connectivity index (χ3v) is 7.51. The van der Waals surface area contributed by atoms with Crippen molar-refractivity contribution < 1.29 is 9.18 Å². The van der Waals surface area contributed by atoms with Gasteiger partial charge in [-0.15, -0.1) is 0 Å². The van der Waals surface area contributed by atoms with Crippen molar-refractivity contribution in [2.24, 2.45) is 0 Å². The maximum atomic E-state index is 14.0. The van der Waals surface area contributed by atoms with Crippen LogP contribution in [0, 0.1) is 12.7 Å². The summed E-state index contributed by atoms with van der Waals surface area (Å²) in [4.78, 5) is 15.8. The fourth-order valence-corrected chi connectivity index (χ4v) is 5.39. The van der Waals surface area contributed by atoms with Crippen molar-refractivity contribution in [3.8, 4) is 11.5 Å². The minimum atomic E-state index is -0.537. The summed E-state index contributed by atoms with van der Waals surface area (Å²) in [6.45, 7) is 4.40. The zero-order valence-corrected chi connectivity index (χ0v) is 22.4. The van der Waals surface area contributed by atoms with Gasteiger partial charge in [-0.2, -0.15) is 5.10 Å². The standard InChI is InChI=1S/C31H27ClFN5O/c1-3-21-11-13-22(14-12-21)29-28-10-7-17-36(28)30-25(20(2)35-38(30)24-8-5-4-6-9-24)19-37(29)31(39)34-23-15-16-27(33)26(32)18-23/h4-18,29H,3,19H2,1-2H3,(H,34,39)/t29-/m1/s1. The maximum absolute atomic E-state index is 14.0. The van der Waals surface area contributed by atoms with E-state index in [0.717, 1.165) is 40.4 Å². The van der Waals surface area contributed by atoms with Crippen LogP contribution in [0.4, 0.5) is 14.9 Å². The van der Waals surface area contributed by atoms with Gasteiger partial charge in [-0.25, -0.2) is 13.9 Å². The van der Waals surface area contributed by atoms with Crippen LogP contribution >= 0.6 is 11.6 Å². The zero-order valence-electron chi connectivity index (χ0n) is 21.6. The number of fused-ring (bicyclic) bond motifs is 3. The molecule has 1 aliphatic rings. The van der Waals surface area contributed by atoms with Gasteiger partial charge in [-0.05, 0) is 66.9 Å². The highest BCUT2D eigenvalue weighted by molar-refractivity contribution is 6.31. The van der Waals surface area contributed by atoms with Crippen molar-refractivity contribution in [3.63, 3.8) is 0 Å². The van der Waals surface area contributed by atoms with Gasteiger partial charge >= 0.3 is 6.03 Å². The van der Waals surface area contributed by atoms with Crippen molar-refractivity contribution in [2.75, 3.05) is 5.32 Å². The molecule has 0 bridgehead atoms. The largest absolute Gasteiger partial charge is 0.322 e. The molecular weight excluding hydrogens is 513 g/mol. The summed E-state index contributed by atoms with van der Waals surface area (Å²) in [6, 6.07) is 25.9. The molecule has 0 aliphatic carbocycles. The Labute approximate surface area is 231 Å². The van der Waals surface area contributed by atoms with Gasteiger partial charge in [-0.1, -0.05) is 61.0 Å². The van der Waals surface area contributed by atoms with Crippen LogP contribution < -0.4 is 5.32 Å². The van der Waals surface area contributed by atoms with E-state index in [1.54, 1.807) is 4.90 Å². The number of aryl methyl sites for hydroxylation is 2. The Morgan fingerprint density at radius 1 is 1.05 bits per heavy atom. The minimum Gasteiger partial charge on any atom is -0.308 e. The molecule has 0 unspecified atom stereocenters. The lowest BCUT2D eigenvalue weighted by Gasteiger charge is -2.31. The second-order valence-electron chi connectivity index (χ2n) is 9.62. The number of carbonyl (C=O) groups is 1. The molecule has 3 heterocycles. The lowest BCUT2D eigenvalue weighted by Crippen LogP contribution is -2.38. The summed E-state index contributed by atoms with van der Waals surface area (Å²) in [5, 5.41) is 7.77. The highest BCUT2D eigenvalue weighted by Gasteiger charge is 2.36. The van der Waals surface area contributed by atoms with E-state index in [1.165, 1.54) is 23.8 Å². The molecular formula is C31H27ClFN5O. The van der Waals surface area contributed by atoms with Crippen LogP contribution in [-0.2, 0) is 13.0 Å². The number of halogens is 2. The van der Waals surface area contributed by atoms with E-state index in [-0.39, 0.29) is 11.1 Å². The highest BCUT2D eigenvalue weighted by Crippen LogP contribution is 2.39. The van der Waals surface area contributed by atoms with Gasteiger partial charge in [0.05, 0.1) is 34.7 Å². The summed E-state index contributed by atoms with van der Waals surface area (Å²) in [5.74, 6) is 0.360. The van der Waals surface area contributed by atoms with Crippen LogP contribution in [0.15, 0.2) is 91.1 Å². The van der Waals surface area contributed by atoms with Gasteiger partial charge in [0.25, 0.3) is 0 Å². The fraction of sp³-hybridized carbons (Fsp3) is 0.161. The Kier molecular flexibility index (Phi) is 6.45. The molecule has 8 heteroatoms. The van der Waals surface area contributed by atoms with Gasteiger partial charge in [0.2, 0.25) is 0 Å². The topological polar surface area (TPSA) is 55.1 Å². The number of nitrogens with one attached hydrogen (secondary N) is 1. The molecule has 2 amide bonds. The van der Waals surface area contributed by atoms with Gasteiger partial charge < -0.3 is 14.8 Å². The Balaban J connectivity index is 1.52. The molecule has 39 heavy (non-hydrogen) atoms. The molecule has 1 atom stereocenters. The molecule has 0 saturated carbocycles. The van der Waals surface area contributed by atoms with Crippen molar-refractivity contribution in [1.82, 2.24) is 19.2 Å². The molecule has 6 nitrogen and oxygen atoms in total. The van der Waals surface area contributed by atoms with E-state index in [4.69, 9.17) is 16.7 Å². The Bertz CT molecular complexity index is 1660. The first-order chi connectivity index (χ1) is 18.9. The van der Waals surface area contributed by atoms with Gasteiger partial charge in [0, 0.05) is 17.4 Å². The van der Waals surface area contributed by atoms with Gasteiger partial charge in [0.15, 0.2) is 0 Å². The molecule has 2 aromatic heterocycles. The molecule has 3 aromatic carbocycles. The second-order valence-corrected chi connectivity index (χ2v) is 10.0. The predicted molar refractivity (Wildman–Crippen MR) is 151 cm³/mol. The number of aromatic nitrogens is 3. The number of carbonyl (C=O) groups excluding carboxylic acids is 1. The van der Waals surface area contributed by atoms with E-state index in [1.807, 2.05) is 60.3 Å². The van der Waals surface area contributed by atoms with E-state index in [9.17, 15) is 9.18 Å². The maximum Gasteiger partial charge on any atom is 0.322 e. The average Bonchev–Trinajstić information content (AvgIpc) is 3.51. The lowest BCUT2D eigenvalue weighted by molar-refractivity contribution is 0.194. The van der Waals surface area contributed by atoms with Crippen LogP contribution in [0.3, 0.4) is 0 Å². The number of rotatable bonds is 4. The summed E-state index contributed by atoms with van der Waals surface area (Å²) in [5.41, 5.74) is 6.27. The summed E-state index contributed by atoms with van der Waals surface area (Å²) in [7, 11) is 0.